The number of carbonyl (C=O) groups is 1. The molecule has 0 atom stereocenters. The van der Waals surface area contributed by atoms with E-state index in [1.54, 1.807) is 13.0 Å². The number of rotatable bonds is 7. The number of carboxylic acids is 1. The largest absolute Gasteiger partial charge is 0.478 e. The summed E-state index contributed by atoms with van der Waals surface area (Å²) < 4.78 is 5.27. The van der Waals surface area contributed by atoms with Crippen molar-refractivity contribution < 1.29 is 14.6 Å². The van der Waals surface area contributed by atoms with E-state index in [2.05, 4.69) is 13.8 Å². The van der Waals surface area contributed by atoms with E-state index in [1.165, 1.54) is 0 Å². The van der Waals surface area contributed by atoms with Crippen molar-refractivity contribution in [2.45, 2.75) is 33.6 Å². The molecule has 0 saturated heterocycles. The average Bonchev–Trinajstić information content (AvgIpc) is 2.09. The Bertz CT molecular complexity index is 195. The molecule has 0 fully saturated rings. The molecule has 0 bridgehead atoms. The Morgan fingerprint density at radius 2 is 2.14 bits per heavy atom. The highest BCUT2D eigenvalue weighted by molar-refractivity contribution is 5.85. The van der Waals surface area contributed by atoms with Crippen molar-refractivity contribution in [1.82, 2.24) is 0 Å². The van der Waals surface area contributed by atoms with Crippen molar-refractivity contribution in [2.75, 3.05) is 13.2 Å². The Labute approximate surface area is 85.8 Å². The Hall–Kier alpha value is -0.830. The van der Waals surface area contributed by atoms with Gasteiger partial charge in [-0.3, -0.25) is 0 Å². The SMILES string of the molecule is CC(=CCOCCCC(C)C)C(=O)O. The normalized spacial score (nSPS) is 12.1. The summed E-state index contributed by atoms with van der Waals surface area (Å²) in [6, 6.07) is 0. The van der Waals surface area contributed by atoms with Crippen LogP contribution in [-0.2, 0) is 9.53 Å². The standard InChI is InChI=1S/C11H20O3/c1-9(2)5-4-7-14-8-6-10(3)11(12)13/h6,9H,4-5,7-8H2,1-3H3,(H,12,13). The summed E-state index contributed by atoms with van der Waals surface area (Å²) in [5.41, 5.74) is 0.342. The first-order valence-corrected chi connectivity index (χ1v) is 5.01. The zero-order valence-electron chi connectivity index (χ0n) is 9.25. The van der Waals surface area contributed by atoms with Gasteiger partial charge in [-0.2, -0.15) is 0 Å². The molecule has 0 aliphatic rings. The van der Waals surface area contributed by atoms with Crippen LogP contribution in [0.3, 0.4) is 0 Å². The molecule has 3 heteroatoms. The van der Waals surface area contributed by atoms with Crippen LogP contribution in [0.2, 0.25) is 0 Å². The van der Waals surface area contributed by atoms with E-state index in [1.807, 2.05) is 0 Å². The van der Waals surface area contributed by atoms with Crippen molar-refractivity contribution >= 4 is 5.97 Å². The lowest BCUT2D eigenvalue weighted by atomic mass is 10.1. The fraction of sp³-hybridized carbons (Fsp3) is 0.727. The summed E-state index contributed by atoms with van der Waals surface area (Å²) in [4.78, 5) is 10.4. The van der Waals surface area contributed by atoms with E-state index >= 15 is 0 Å². The predicted molar refractivity (Wildman–Crippen MR) is 56.3 cm³/mol. The fourth-order valence-electron chi connectivity index (χ4n) is 0.948. The number of aliphatic carboxylic acids is 1. The minimum absolute atomic E-state index is 0.342. The van der Waals surface area contributed by atoms with E-state index < -0.39 is 5.97 Å². The number of hydrogen-bond acceptors (Lipinski definition) is 2. The maximum absolute atomic E-state index is 10.4. The molecule has 0 aromatic rings. The van der Waals surface area contributed by atoms with Gasteiger partial charge in [0.15, 0.2) is 0 Å². The molecule has 14 heavy (non-hydrogen) atoms. The Balaban J connectivity index is 3.38. The monoisotopic (exact) mass is 200 g/mol. The molecule has 0 unspecified atom stereocenters. The molecule has 0 aliphatic heterocycles. The first-order chi connectivity index (χ1) is 6.54. The summed E-state index contributed by atoms with van der Waals surface area (Å²) in [7, 11) is 0. The van der Waals surface area contributed by atoms with Gasteiger partial charge in [-0.1, -0.05) is 13.8 Å². The number of ether oxygens (including phenoxy) is 1. The molecule has 0 aromatic carbocycles. The topological polar surface area (TPSA) is 46.5 Å². The Morgan fingerprint density at radius 1 is 1.50 bits per heavy atom. The number of carboxylic acid groups (broad SMARTS) is 1. The van der Waals surface area contributed by atoms with Gasteiger partial charge in [0.1, 0.15) is 0 Å². The predicted octanol–water partition coefficient (Wildman–Crippen LogP) is 2.47. The van der Waals surface area contributed by atoms with Crippen LogP contribution < -0.4 is 0 Å². The summed E-state index contributed by atoms with van der Waals surface area (Å²) in [5.74, 6) is -0.175. The third kappa shape index (κ3) is 7.80. The Morgan fingerprint density at radius 3 is 2.64 bits per heavy atom. The number of hydrogen-bond donors (Lipinski definition) is 1. The van der Waals surface area contributed by atoms with Crippen LogP contribution in [0.5, 0.6) is 0 Å². The van der Waals surface area contributed by atoms with Gasteiger partial charge in [0.25, 0.3) is 0 Å². The second-order valence-electron chi connectivity index (χ2n) is 3.80. The highest BCUT2D eigenvalue weighted by atomic mass is 16.5. The van der Waals surface area contributed by atoms with Gasteiger partial charge < -0.3 is 9.84 Å². The van der Waals surface area contributed by atoms with E-state index in [4.69, 9.17) is 9.84 Å². The molecule has 0 saturated carbocycles. The summed E-state index contributed by atoms with van der Waals surface area (Å²) in [6.07, 6.45) is 3.79. The third-order valence-corrected chi connectivity index (χ3v) is 1.91. The maximum atomic E-state index is 10.4. The van der Waals surface area contributed by atoms with E-state index in [0.29, 0.717) is 24.7 Å². The second-order valence-corrected chi connectivity index (χ2v) is 3.80. The fourth-order valence-corrected chi connectivity index (χ4v) is 0.948. The molecule has 0 amide bonds. The van der Waals surface area contributed by atoms with Gasteiger partial charge in [0, 0.05) is 12.2 Å². The van der Waals surface area contributed by atoms with Crippen molar-refractivity contribution in [3.05, 3.63) is 11.6 Å². The van der Waals surface area contributed by atoms with E-state index in [0.717, 1.165) is 12.8 Å². The first-order valence-electron chi connectivity index (χ1n) is 5.01. The van der Waals surface area contributed by atoms with Gasteiger partial charge in [0.05, 0.1) is 6.61 Å². The highest BCUT2D eigenvalue weighted by Crippen LogP contribution is 2.03. The van der Waals surface area contributed by atoms with Crippen molar-refractivity contribution in [2.24, 2.45) is 5.92 Å². The lowest BCUT2D eigenvalue weighted by Gasteiger charge is -2.04. The van der Waals surface area contributed by atoms with Crippen LogP contribution >= 0.6 is 0 Å². The van der Waals surface area contributed by atoms with Gasteiger partial charge in [-0.15, -0.1) is 0 Å². The van der Waals surface area contributed by atoms with E-state index in [-0.39, 0.29) is 0 Å². The summed E-state index contributed by atoms with van der Waals surface area (Å²) in [5, 5.41) is 8.53. The molecule has 0 radical (unpaired) electrons. The van der Waals surface area contributed by atoms with Crippen molar-refractivity contribution in [1.29, 1.82) is 0 Å². The molecular weight excluding hydrogens is 180 g/mol. The van der Waals surface area contributed by atoms with Crippen LogP contribution in [0.1, 0.15) is 33.6 Å². The maximum Gasteiger partial charge on any atom is 0.331 e. The molecule has 82 valence electrons. The molecular formula is C11H20O3. The van der Waals surface area contributed by atoms with Crippen molar-refractivity contribution in [3.63, 3.8) is 0 Å². The van der Waals surface area contributed by atoms with Gasteiger partial charge >= 0.3 is 5.97 Å². The molecule has 0 aromatic heterocycles. The average molecular weight is 200 g/mol. The zero-order chi connectivity index (χ0) is 11.0. The molecule has 0 heterocycles. The van der Waals surface area contributed by atoms with Crippen LogP contribution in [0.25, 0.3) is 0 Å². The lowest BCUT2D eigenvalue weighted by Crippen LogP contribution is -2.01. The van der Waals surface area contributed by atoms with Crippen LogP contribution in [0, 0.1) is 5.92 Å². The van der Waals surface area contributed by atoms with Gasteiger partial charge in [0.2, 0.25) is 0 Å². The van der Waals surface area contributed by atoms with Crippen molar-refractivity contribution in [3.8, 4) is 0 Å². The quantitative estimate of drug-likeness (QED) is 0.507. The molecule has 0 aliphatic carbocycles. The van der Waals surface area contributed by atoms with E-state index in [9.17, 15) is 4.79 Å². The van der Waals surface area contributed by atoms with Crippen LogP contribution in [-0.4, -0.2) is 24.3 Å². The highest BCUT2D eigenvalue weighted by Gasteiger charge is 1.98. The second kappa shape index (κ2) is 7.56. The molecule has 3 nitrogen and oxygen atoms in total. The summed E-state index contributed by atoms with van der Waals surface area (Å²) >= 11 is 0. The minimum atomic E-state index is -0.879. The van der Waals surface area contributed by atoms with Gasteiger partial charge in [-0.05, 0) is 31.8 Å². The first kappa shape index (κ1) is 13.2. The van der Waals surface area contributed by atoms with Crippen LogP contribution in [0.15, 0.2) is 11.6 Å². The van der Waals surface area contributed by atoms with Crippen LogP contribution in [0.4, 0.5) is 0 Å². The lowest BCUT2D eigenvalue weighted by molar-refractivity contribution is -0.132. The molecule has 1 N–H and O–H groups in total. The van der Waals surface area contributed by atoms with Gasteiger partial charge in [-0.25, -0.2) is 4.79 Å². The third-order valence-electron chi connectivity index (χ3n) is 1.91. The Kier molecular flexibility index (Phi) is 7.11. The zero-order valence-corrected chi connectivity index (χ0v) is 9.25. The minimum Gasteiger partial charge on any atom is -0.478 e. The summed E-state index contributed by atoms with van der Waals surface area (Å²) in [6.45, 7) is 7.03. The molecule has 0 rings (SSSR count). The smallest absolute Gasteiger partial charge is 0.331 e. The molecule has 0 spiro atoms.